The summed E-state index contributed by atoms with van der Waals surface area (Å²) in [6.45, 7) is 12.4. The average Bonchev–Trinajstić information content (AvgIpc) is 2.34. The standard InChI is InChI=1S/C16H27NO/c1-5-8-18-9-6-7-17-12-16-11-14(3)13(2)10-15(16)4/h10-11,17H,5-9,12H2,1-4H3. The van der Waals surface area contributed by atoms with Crippen molar-refractivity contribution in [2.45, 2.75) is 47.1 Å². The number of hydrogen-bond donors (Lipinski definition) is 1. The second kappa shape index (κ2) is 8.28. The first-order valence-electron chi connectivity index (χ1n) is 7.00. The number of ether oxygens (including phenoxy) is 1. The van der Waals surface area contributed by atoms with Gasteiger partial charge in [-0.1, -0.05) is 19.1 Å². The third-order valence-electron chi connectivity index (χ3n) is 3.26. The van der Waals surface area contributed by atoms with Crippen molar-refractivity contribution in [2.24, 2.45) is 0 Å². The van der Waals surface area contributed by atoms with Crippen molar-refractivity contribution >= 4 is 0 Å². The highest BCUT2D eigenvalue weighted by Gasteiger charge is 2.01. The number of nitrogens with one attached hydrogen (secondary N) is 1. The minimum atomic E-state index is 0.868. The minimum Gasteiger partial charge on any atom is -0.381 e. The topological polar surface area (TPSA) is 21.3 Å². The second-order valence-electron chi connectivity index (χ2n) is 5.01. The zero-order valence-electron chi connectivity index (χ0n) is 12.3. The SMILES string of the molecule is CCCOCCCNCc1cc(C)c(C)cc1C. The second-order valence-corrected chi connectivity index (χ2v) is 5.01. The molecule has 0 heterocycles. The van der Waals surface area contributed by atoms with Crippen LogP contribution in [0.1, 0.15) is 42.0 Å². The summed E-state index contributed by atoms with van der Waals surface area (Å²) in [5, 5.41) is 3.49. The van der Waals surface area contributed by atoms with Crippen LogP contribution in [0.15, 0.2) is 12.1 Å². The van der Waals surface area contributed by atoms with Crippen molar-refractivity contribution < 1.29 is 4.74 Å². The Morgan fingerprint density at radius 3 is 2.44 bits per heavy atom. The minimum absolute atomic E-state index is 0.868. The largest absolute Gasteiger partial charge is 0.381 e. The summed E-state index contributed by atoms with van der Waals surface area (Å²) < 4.78 is 5.45. The van der Waals surface area contributed by atoms with E-state index in [-0.39, 0.29) is 0 Å². The van der Waals surface area contributed by atoms with E-state index in [0.29, 0.717) is 0 Å². The Bertz CT molecular complexity index is 360. The van der Waals surface area contributed by atoms with E-state index in [0.717, 1.165) is 39.1 Å². The van der Waals surface area contributed by atoms with Crippen LogP contribution in [-0.4, -0.2) is 19.8 Å². The molecule has 0 amide bonds. The zero-order chi connectivity index (χ0) is 13.4. The molecule has 1 rings (SSSR count). The van der Waals surface area contributed by atoms with Gasteiger partial charge in [0, 0.05) is 19.8 Å². The molecule has 0 aromatic heterocycles. The quantitative estimate of drug-likeness (QED) is 0.712. The first-order chi connectivity index (χ1) is 8.65. The molecule has 0 saturated heterocycles. The van der Waals surface area contributed by atoms with Gasteiger partial charge in [-0.3, -0.25) is 0 Å². The molecule has 1 N–H and O–H groups in total. The highest BCUT2D eigenvalue weighted by Crippen LogP contribution is 2.14. The maximum atomic E-state index is 5.45. The van der Waals surface area contributed by atoms with Gasteiger partial charge in [-0.05, 0) is 62.4 Å². The van der Waals surface area contributed by atoms with Crippen LogP contribution in [0.4, 0.5) is 0 Å². The Balaban J connectivity index is 2.25. The number of rotatable bonds is 8. The molecule has 0 bridgehead atoms. The molecule has 0 aliphatic rings. The summed E-state index contributed by atoms with van der Waals surface area (Å²) >= 11 is 0. The van der Waals surface area contributed by atoms with Gasteiger partial charge in [-0.15, -0.1) is 0 Å². The predicted octanol–water partition coefficient (Wildman–Crippen LogP) is 3.52. The van der Waals surface area contributed by atoms with Crippen LogP contribution < -0.4 is 5.32 Å². The third kappa shape index (κ3) is 5.19. The predicted molar refractivity (Wildman–Crippen MR) is 78.1 cm³/mol. The van der Waals surface area contributed by atoms with E-state index in [1.165, 1.54) is 22.3 Å². The Kier molecular flexibility index (Phi) is 6.99. The zero-order valence-corrected chi connectivity index (χ0v) is 12.3. The van der Waals surface area contributed by atoms with Crippen LogP contribution in [0.3, 0.4) is 0 Å². The van der Waals surface area contributed by atoms with E-state index in [9.17, 15) is 0 Å². The summed E-state index contributed by atoms with van der Waals surface area (Å²) in [5.74, 6) is 0. The van der Waals surface area contributed by atoms with Crippen molar-refractivity contribution in [3.63, 3.8) is 0 Å². The first kappa shape index (κ1) is 15.2. The normalized spacial score (nSPS) is 10.9. The molecule has 2 heteroatoms. The van der Waals surface area contributed by atoms with Gasteiger partial charge in [-0.25, -0.2) is 0 Å². The Morgan fingerprint density at radius 1 is 1.00 bits per heavy atom. The highest BCUT2D eigenvalue weighted by molar-refractivity contribution is 5.36. The van der Waals surface area contributed by atoms with Crippen molar-refractivity contribution in [3.8, 4) is 0 Å². The lowest BCUT2D eigenvalue weighted by molar-refractivity contribution is 0.132. The summed E-state index contributed by atoms with van der Waals surface area (Å²) in [7, 11) is 0. The van der Waals surface area contributed by atoms with Crippen LogP contribution >= 0.6 is 0 Å². The van der Waals surface area contributed by atoms with Crippen LogP contribution in [-0.2, 0) is 11.3 Å². The lowest BCUT2D eigenvalue weighted by Crippen LogP contribution is -2.17. The lowest BCUT2D eigenvalue weighted by atomic mass is 10.0. The molecule has 2 nitrogen and oxygen atoms in total. The maximum Gasteiger partial charge on any atom is 0.0478 e. The highest BCUT2D eigenvalue weighted by atomic mass is 16.5. The van der Waals surface area contributed by atoms with E-state index in [2.05, 4.69) is 45.1 Å². The molecule has 0 fully saturated rings. The molecule has 0 radical (unpaired) electrons. The fourth-order valence-electron chi connectivity index (χ4n) is 1.98. The Labute approximate surface area is 112 Å². The van der Waals surface area contributed by atoms with Crippen LogP contribution in [0, 0.1) is 20.8 Å². The van der Waals surface area contributed by atoms with Gasteiger partial charge in [0.1, 0.15) is 0 Å². The monoisotopic (exact) mass is 249 g/mol. The van der Waals surface area contributed by atoms with E-state index in [1.54, 1.807) is 0 Å². The molecule has 0 unspecified atom stereocenters. The molecule has 18 heavy (non-hydrogen) atoms. The van der Waals surface area contributed by atoms with Crippen molar-refractivity contribution in [2.75, 3.05) is 19.8 Å². The molecule has 0 aliphatic heterocycles. The molecule has 0 atom stereocenters. The summed E-state index contributed by atoms with van der Waals surface area (Å²) in [6, 6.07) is 4.57. The van der Waals surface area contributed by atoms with Crippen molar-refractivity contribution in [1.29, 1.82) is 0 Å². The van der Waals surface area contributed by atoms with Crippen LogP contribution in [0.5, 0.6) is 0 Å². The number of benzene rings is 1. The van der Waals surface area contributed by atoms with E-state index >= 15 is 0 Å². The van der Waals surface area contributed by atoms with E-state index < -0.39 is 0 Å². The summed E-state index contributed by atoms with van der Waals surface area (Å²) in [5.41, 5.74) is 5.55. The third-order valence-corrected chi connectivity index (χ3v) is 3.26. The lowest BCUT2D eigenvalue weighted by Gasteiger charge is -2.11. The van der Waals surface area contributed by atoms with Gasteiger partial charge in [0.25, 0.3) is 0 Å². The van der Waals surface area contributed by atoms with Gasteiger partial charge >= 0.3 is 0 Å². The number of aryl methyl sites for hydroxylation is 3. The van der Waals surface area contributed by atoms with Gasteiger partial charge in [-0.2, -0.15) is 0 Å². The van der Waals surface area contributed by atoms with Crippen LogP contribution in [0.2, 0.25) is 0 Å². The molecule has 102 valence electrons. The van der Waals surface area contributed by atoms with Gasteiger partial charge in [0.2, 0.25) is 0 Å². The maximum absolute atomic E-state index is 5.45. The molecule has 0 aliphatic carbocycles. The molecule has 0 saturated carbocycles. The fourth-order valence-corrected chi connectivity index (χ4v) is 1.98. The van der Waals surface area contributed by atoms with Crippen molar-refractivity contribution in [1.82, 2.24) is 5.32 Å². The van der Waals surface area contributed by atoms with Gasteiger partial charge in [0.15, 0.2) is 0 Å². The van der Waals surface area contributed by atoms with Gasteiger partial charge < -0.3 is 10.1 Å². The fraction of sp³-hybridized carbons (Fsp3) is 0.625. The Morgan fingerprint density at radius 2 is 1.72 bits per heavy atom. The molecule has 1 aromatic rings. The average molecular weight is 249 g/mol. The molecular formula is C16H27NO. The summed E-state index contributed by atoms with van der Waals surface area (Å²) in [6.07, 6.45) is 2.19. The Hall–Kier alpha value is -0.860. The van der Waals surface area contributed by atoms with Gasteiger partial charge in [0.05, 0.1) is 0 Å². The number of hydrogen-bond acceptors (Lipinski definition) is 2. The smallest absolute Gasteiger partial charge is 0.0478 e. The first-order valence-corrected chi connectivity index (χ1v) is 7.00. The molecule has 1 aromatic carbocycles. The van der Waals surface area contributed by atoms with E-state index in [4.69, 9.17) is 4.74 Å². The van der Waals surface area contributed by atoms with Crippen LogP contribution in [0.25, 0.3) is 0 Å². The summed E-state index contributed by atoms with van der Waals surface area (Å²) in [4.78, 5) is 0. The van der Waals surface area contributed by atoms with Crippen molar-refractivity contribution in [3.05, 3.63) is 34.4 Å². The van der Waals surface area contributed by atoms with E-state index in [1.807, 2.05) is 0 Å². The molecular weight excluding hydrogens is 222 g/mol. The molecule has 0 spiro atoms.